The Morgan fingerprint density at radius 3 is 1.94 bits per heavy atom. The lowest BCUT2D eigenvalue weighted by Gasteiger charge is -2.25. The summed E-state index contributed by atoms with van der Waals surface area (Å²) in [6.45, 7) is 0.0876. The SMILES string of the molecule is COC(=O)c1ccc(S(=O)(=O)CCc2c(CCNS(=O)(=O)Cc3ccccc3)n(C(c3ccccc3)c3ccccc3)c3ccc(Cl)cc23)cc1. The molecule has 0 unspecified atom stereocenters. The Bertz CT molecular complexity index is 2310. The van der Waals surface area contributed by atoms with Crippen LogP contribution in [0.15, 0.2) is 138 Å². The number of carbonyl (C=O) groups excluding carboxylic acids is 1. The third-order valence-corrected chi connectivity index (χ3v) is 12.1. The number of ether oxygens (including phenoxy) is 1. The molecule has 51 heavy (non-hydrogen) atoms. The highest BCUT2D eigenvalue weighted by atomic mass is 35.5. The maximum Gasteiger partial charge on any atom is 0.337 e. The van der Waals surface area contributed by atoms with Gasteiger partial charge in [0.25, 0.3) is 0 Å². The third-order valence-electron chi connectivity index (χ3n) is 8.81. The van der Waals surface area contributed by atoms with Crippen LogP contribution in [-0.2, 0) is 43.2 Å². The Morgan fingerprint density at radius 1 is 0.765 bits per heavy atom. The average molecular weight is 741 g/mol. The summed E-state index contributed by atoms with van der Waals surface area (Å²) < 4.78 is 63.6. The number of fused-ring (bicyclic) bond motifs is 1. The minimum absolute atomic E-state index is 0.0820. The molecule has 0 saturated heterocycles. The predicted octanol–water partition coefficient (Wildman–Crippen LogP) is 7.40. The molecule has 11 heteroatoms. The zero-order chi connectivity index (χ0) is 36.0. The monoisotopic (exact) mass is 740 g/mol. The molecule has 0 aliphatic carbocycles. The summed E-state index contributed by atoms with van der Waals surface area (Å²) in [4.78, 5) is 12.0. The summed E-state index contributed by atoms with van der Waals surface area (Å²) >= 11 is 6.59. The molecular formula is C40H37ClN2O6S2. The van der Waals surface area contributed by atoms with Crippen molar-refractivity contribution < 1.29 is 26.4 Å². The molecule has 6 aromatic rings. The Balaban J connectivity index is 1.44. The number of hydrogen-bond donors (Lipinski definition) is 1. The van der Waals surface area contributed by atoms with E-state index in [-0.39, 0.29) is 47.4 Å². The second-order valence-electron chi connectivity index (χ2n) is 12.2. The Hall–Kier alpha value is -4.74. The zero-order valence-corrected chi connectivity index (χ0v) is 30.3. The minimum Gasteiger partial charge on any atom is -0.465 e. The van der Waals surface area contributed by atoms with Crippen LogP contribution in [0, 0.1) is 0 Å². The van der Waals surface area contributed by atoms with Crippen LogP contribution in [0.3, 0.4) is 0 Å². The van der Waals surface area contributed by atoms with E-state index in [4.69, 9.17) is 16.3 Å². The summed E-state index contributed by atoms with van der Waals surface area (Å²) in [5, 5.41) is 1.28. The van der Waals surface area contributed by atoms with Gasteiger partial charge in [-0.1, -0.05) is 103 Å². The number of aromatic nitrogens is 1. The quantitative estimate of drug-likeness (QED) is 0.117. The molecule has 1 aromatic heterocycles. The van der Waals surface area contributed by atoms with Crippen LogP contribution in [0.2, 0.25) is 5.02 Å². The van der Waals surface area contributed by atoms with Crippen molar-refractivity contribution in [3.05, 3.63) is 172 Å². The van der Waals surface area contributed by atoms with Gasteiger partial charge in [0.2, 0.25) is 10.0 Å². The van der Waals surface area contributed by atoms with Crippen molar-refractivity contribution in [2.45, 2.75) is 29.5 Å². The van der Waals surface area contributed by atoms with Gasteiger partial charge in [0.05, 0.1) is 35.1 Å². The van der Waals surface area contributed by atoms with Crippen molar-refractivity contribution >= 4 is 48.3 Å². The number of nitrogens with one attached hydrogen (secondary N) is 1. The van der Waals surface area contributed by atoms with E-state index in [0.29, 0.717) is 10.6 Å². The van der Waals surface area contributed by atoms with Gasteiger partial charge in [-0.05, 0) is 71.1 Å². The maximum atomic E-state index is 13.7. The number of rotatable bonds is 14. The number of esters is 1. The first-order valence-electron chi connectivity index (χ1n) is 16.4. The molecule has 1 N–H and O–H groups in total. The number of hydrogen-bond acceptors (Lipinski definition) is 6. The van der Waals surface area contributed by atoms with Crippen LogP contribution < -0.4 is 4.72 Å². The van der Waals surface area contributed by atoms with E-state index in [2.05, 4.69) is 9.29 Å². The van der Waals surface area contributed by atoms with E-state index in [9.17, 15) is 21.6 Å². The summed E-state index contributed by atoms with van der Waals surface area (Å²) in [7, 11) is -6.22. The van der Waals surface area contributed by atoms with Crippen LogP contribution in [-0.4, -0.2) is 46.8 Å². The fourth-order valence-electron chi connectivity index (χ4n) is 6.45. The van der Waals surface area contributed by atoms with E-state index in [1.54, 1.807) is 24.3 Å². The van der Waals surface area contributed by atoms with E-state index in [0.717, 1.165) is 33.3 Å². The molecule has 0 amide bonds. The third kappa shape index (κ3) is 8.43. The minimum atomic E-state index is -3.80. The van der Waals surface area contributed by atoms with Gasteiger partial charge in [-0.3, -0.25) is 0 Å². The summed E-state index contributed by atoms with van der Waals surface area (Å²) in [5.74, 6) is -0.952. The number of aryl methyl sites for hydroxylation is 1. The molecule has 6 rings (SSSR count). The highest BCUT2D eigenvalue weighted by Crippen LogP contribution is 2.38. The number of methoxy groups -OCH3 is 1. The van der Waals surface area contributed by atoms with E-state index in [1.807, 2.05) is 84.9 Å². The van der Waals surface area contributed by atoms with Crippen molar-refractivity contribution in [3.63, 3.8) is 0 Å². The average Bonchev–Trinajstić information content (AvgIpc) is 3.43. The number of sulfone groups is 1. The predicted molar refractivity (Wildman–Crippen MR) is 201 cm³/mol. The van der Waals surface area contributed by atoms with Crippen LogP contribution in [0.1, 0.15) is 44.3 Å². The fraction of sp³-hybridized carbons (Fsp3) is 0.175. The van der Waals surface area contributed by atoms with Gasteiger partial charge in [-0.25, -0.2) is 26.4 Å². The number of halogens is 1. The summed E-state index contributed by atoms with van der Waals surface area (Å²) in [6.07, 6.45) is 0.410. The molecule has 0 atom stereocenters. The topological polar surface area (TPSA) is 112 Å². The number of nitrogens with zero attached hydrogens (tertiary/aromatic N) is 1. The van der Waals surface area contributed by atoms with Gasteiger partial charge in [0, 0.05) is 34.6 Å². The highest BCUT2D eigenvalue weighted by molar-refractivity contribution is 7.91. The van der Waals surface area contributed by atoms with Crippen molar-refractivity contribution in [2.24, 2.45) is 0 Å². The van der Waals surface area contributed by atoms with E-state index < -0.39 is 25.8 Å². The lowest BCUT2D eigenvalue weighted by atomic mass is 9.97. The molecule has 0 radical (unpaired) electrons. The zero-order valence-electron chi connectivity index (χ0n) is 27.9. The highest BCUT2D eigenvalue weighted by Gasteiger charge is 2.27. The van der Waals surface area contributed by atoms with Gasteiger partial charge < -0.3 is 9.30 Å². The molecule has 0 bridgehead atoms. The normalized spacial score (nSPS) is 12.0. The van der Waals surface area contributed by atoms with Crippen molar-refractivity contribution in [3.8, 4) is 0 Å². The second-order valence-corrected chi connectivity index (χ2v) is 16.5. The smallest absolute Gasteiger partial charge is 0.337 e. The number of benzene rings is 5. The molecule has 0 fully saturated rings. The van der Waals surface area contributed by atoms with E-state index in [1.165, 1.54) is 31.4 Å². The molecule has 0 saturated carbocycles. The van der Waals surface area contributed by atoms with Crippen molar-refractivity contribution in [2.75, 3.05) is 19.4 Å². The van der Waals surface area contributed by atoms with Gasteiger partial charge in [0.15, 0.2) is 9.84 Å². The van der Waals surface area contributed by atoms with Crippen molar-refractivity contribution in [1.29, 1.82) is 0 Å². The summed E-state index contributed by atoms with van der Waals surface area (Å²) in [5.41, 5.74) is 5.34. The first-order chi connectivity index (χ1) is 24.6. The second kappa shape index (κ2) is 15.7. The maximum absolute atomic E-state index is 13.7. The molecular weight excluding hydrogens is 704 g/mol. The van der Waals surface area contributed by atoms with Crippen molar-refractivity contribution in [1.82, 2.24) is 9.29 Å². The Morgan fingerprint density at radius 2 is 1.35 bits per heavy atom. The van der Waals surface area contributed by atoms with Gasteiger partial charge in [-0.15, -0.1) is 0 Å². The fourth-order valence-corrected chi connectivity index (χ4v) is 9.03. The molecule has 1 heterocycles. The first-order valence-corrected chi connectivity index (χ1v) is 20.1. The van der Waals surface area contributed by atoms with Gasteiger partial charge in [0.1, 0.15) is 0 Å². The summed E-state index contributed by atoms with van der Waals surface area (Å²) in [6, 6.07) is 39.9. The van der Waals surface area contributed by atoms with Crippen LogP contribution in [0.4, 0.5) is 0 Å². The Labute approximate surface area is 303 Å². The Kier molecular flexibility index (Phi) is 11.1. The van der Waals surface area contributed by atoms with Gasteiger partial charge >= 0.3 is 5.97 Å². The van der Waals surface area contributed by atoms with Gasteiger partial charge in [-0.2, -0.15) is 0 Å². The van der Waals surface area contributed by atoms with E-state index >= 15 is 0 Å². The first kappa shape index (κ1) is 36.1. The molecule has 0 aliphatic rings. The number of carbonyl (C=O) groups is 1. The molecule has 5 aromatic carbocycles. The van der Waals surface area contributed by atoms with Crippen LogP contribution in [0.5, 0.6) is 0 Å². The lowest BCUT2D eigenvalue weighted by molar-refractivity contribution is 0.0600. The molecule has 0 aliphatic heterocycles. The molecule has 262 valence electrons. The largest absolute Gasteiger partial charge is 0.465 e. The number of sulfonamides is 1. The standard InChI is InChI=1S/C40H37ClN2O6S2/c1-49-40(44)32-17-20-34(21-18-32)50(45,46)26-24-35-36-27-33(41)19-22-37(36)43(39(30-13-7-3-8-14-30)31-15-9-4-10-16-31)38(35)23-25-42-51(47,48)28-29-11-5-2-6-12-29/h2-22,27,39,42H,23-26,28H2,1H3. The molecule has 8 nitrogen and oxygen atoms in total. The lowest BCUT2D eigenvalue weighted by Crippen LogP contribution is -2.28. The van der Waals surface area contributed by atoms with Crippen LogP contribution in [0.25, 0.3) is 10.9 Å². The van der Waals surface area contributed by atoms with Crippen LogP contribution >= 0.6 is 11.6 Å². The molecule has 0 spiro atoms.